The van der Waals surface area contributed by atoms with Crippen LogP contribution in [0.2, 0.25) is 5.02 Å². The molecule has 0 saturated carbocycles. The van der Waals surface area contributed by atoms with E-state index in [2.05, 4.69) is 22.3 Å². The number of hydrogen-bond donors (Lipinski definition) is 1. The molecule has 21 heavy (non-hydrogen) atoms. The van der Waals surface area contributed by atoms with Gasteiger partial charge in [-0.25, -0.2) is 0 Å². The third kappa shape index (κ3) is 2.94. The molecule has 3 aromatic rings. The van der Waals surface area contributed by atoms with Crippen LogP contribution in [0.25, 0.3) is 10.1 Å². The maximum atomic E-state index is 6.46. The van der Waals surface area contributed by atoms with E-state index in [1.165, 1.54) is 9.58 Å². The van der Waals surface area contributed by atoms with Crippen molar-refractivity contribution in [2.75, 3.05) is 6.54 Å². The van der Waals surface area contributed by atoms with Gasteiger partial charge in [-0.3, -0.25) is 0 Å². The highest BCUT2D eigenvalue weighted by Gasteiger charge is 2.13. The second kappa shape index (κ2) is 6.36. The van der Waals surface area contributed by atoms with E-state index in [0.717, 1.165) is 33.7 Å². The monoisotopic (exact) mass is 338 g/mol. The van der Waals surface area contributed by atoms with Crippen LogP contribution in [-0.2, 0) is 12.3 Å². The van der Waals surface area contributed by atoms with Crippen LogP contribution in [0.5, 0.6) is 0 Å². The van der Waals surface area contributed by atoms with Crippen molar-refractivity contribution < 1.29 is 0 Å². The molecule has 7 heteroatoms. The second-order valence-corrected chi connectivity index (χ2v) is 7.05. The smallest absolute Gasteiger partial charge is 0.191 e. The molecular weight excluding hydrogens is 324 g/mol. The Morgan fingerprint density at radius 1 is 1.33 bits per heavy atom. The molecule has 0 radical (unpaired) electrons. The van der Waals surface area contributed by atoms with E-state index >= 15 is 0 Å². The van der Waals surface area contributed by atoms with Crippen molar-refractivity contribution in [2.45, 2.75) is 24.4 Å². The summed E-state index contributed by atoms with van der Waals surface area (Å²) in [5, 5.41) is 11.2. The Morgan fingerprint density at radius 3 is 2.90 bits per heavy atom. The minimum Gasteiger partial charge on any atom is -0.329 e. The Morgan fingerprint density at radius 2 is 2.14 bits per heavy atom. The standard InChI is InChI=1S/C14H15ClN4S2/c1-9-17-18-14(19(9)7-6-16)20-8-12-13(15)10-4-2-3-5-11(10)21-12/h2-5H,6-8,16H2,1H3. The number of rotatable bonds is 5. The lowest BCUT2D eigenvalue weighted by Crippen LogP contribution is -2.12. The number of nitrogens with two attached hydrogens (primary N) is 1. The number of halogens is 1. The minimum atomic E-state index is 0.579. The first-order valence-corrected chi connectivity index (χ1v) is 8.77. The molecule has 0 atom stereocenters. The average molecular weight is 339 g/mol. The van der Waals surface area contributed by atoms with Gasteiger partial charge in [-0.15, -0.1) is 21.5 Å². The molecule has 0 saturated heterocycles. The van der Waals surface area contributed by atoms with E-state index in [0.29, 0.717) is 6.54 Å². The Kier molecular flexibility index (Phi) is 4.49. The number of aryl methyl sites for hydroxylation is 1. The Bertz CT molecular complexity index is 766. The van der Waals surface area contributed by atoms with Crippen LogP contribution in [0.15, 0.2) is 29.4 Å². The van der Waals surface area contributed by atoms with Gasteiger partial charge in [0.1, 0.15) is 5.82 Å². The van der Waals surface area contributed by atoms with Crippen LogP contribution in [0.3, 0.4) is 0 Å². The molecule has 4 nitrogen and oxygen atoms in total. The molecule has 2 heterocycles. The predicted octanol–water partition coefficient (Wildman–Crippen LogP) is 3.71. The molecule has 2 aromatic heterocycles. The summed E-state index contributed by atoms with van der Waals surface area (Å²) in [7, 11) is 0. The zero-order chi connectivity index (χ0) is 14.8. The van der Waals surface area contributed by atoms with Gasteiger partial charge in [0.05, 0.1) is 5.02 Å². The van der Waals surface area contributed by atoms with Gasteiger partial charge < -0.3 is 10.3 Å². The summed E-state index contributed by atoms with van der Waals surface area (Å²) in [5.41, 5.74) is 5.64. The number of thioether (sulfide) groups is 1. The average Bonchev–Trinajstić information content (AvgIpc) is 3.00. The second-order valence-electron chi connectivity index (χ2n) is 4.59. The summed E-state index contributed by atoms with van der Waals surface area (Å²) in [6.45, 7) is 3.26. The minimum absolute atomic E-state index is 0.579. The van der Waals surface area contributed by atoms with Gasteiger partial charge in [-0.2, -0.15) is 0 Å². The lowest BCUT2D eigenvalue weighted by atomic mass is 10.2. The van der Waals surface area contributed by atoms with Crippen molar-refractivity contribution in [1.29, 1.82) is 0 Å². The van der Waals surface area contributed by atoms with Crippen LogP contribution in [0.1, 0.15) is 10.7 Å². The van der Waals surface area contributed by atoms with E-state index in [9.17, 15) is 0 Å². The summed E-state index contributed by atoms with van der Waals surface area (Å²) < 4.78 is 3.27. The van der Waals surface area contributed by atoms with Gasteiger partial charge in [0.2, 0.25) is 0 Å². The predicted molar refractivity (Wildman–Crippen MR) is 90.2 cm³/mol. The van der Waals surface area contributed by atoms with Crippen molar-refractivity contribution in [3.8, 4) is 0 Å². The van der Waals surface area contributed by atoms with Crippen LogP contribution < -0.4 is 5.73 Å². The molecule has 0 aliphatic heterocycles. The molecule has 0 unspecified atom stereocenters. The lowest BCUT2D eigenvalue weighted by molar-refractivity contribution is 0.627. The molecule has 2 N–H and O–H groups in total. The highest BCUT2D eigenvalue weighted by Crippen LogP contribution is 2.38. The molecule has 0 bridgehead atoms. The van der Waals surface area contributed by atoms with E-state index in [-0.39, 0.29) is 0 Å². The van der Waals surface area contributed by atoms with Crippen molar-refractivity contribution in [3.63, 3.8) is 0 Å². The van der Waals surface area contributed by atoms with Crippen LogP contribution in [0, 0.1) is 6.92 Å². The first-order valence-electron chi connectivity index (χ1n) is 6.59. The van der Waals surface area contributed by atoms with Gasteiger partial charge in [0, 0.05) is 33.8 Å². The summed E-state index contributed by atoms with van der Waals surface area (Å²) in [4.78, 5) is 1.17. The topological polar surface area (TPSA) is 56.7 Å². The SMILES string of the molecule is Cc1nnc(SCc2sc3ccccc3c2Cl)n1CCN. The summed E-state index contributed by atoms with van der Waals surface area (Å²) >= 11 is 9.85. The van der Waals surface area contributed by atoms with Gasteiger partial charge in [-0.1, -0.05) is 41.6 Å². The molecule has 1 aromatic carbocycles. The number of aromatic nitrogens is 3. The van der Waals surface area contributed by atoms with E-state index < -0.39 is 0 Å². The van der Waals surface area contributed by atoms with Crippen molar-refractivity contribution in [1.82, 2.24) is 14.8 Å². The third-order valence-electron chi connectivity index (χ3n) is 3.19. The fourth-order valence-corrected chi connectivity index (χ4v) is 4.81. The first-order chi connectivity index (χ1) is 10.2. The zero-order valence-electron chi connectivity index (χ0n) is 11.5. The molecule has 0 aliphatic rings. The molecule has 0 aliphatic carbocycles. The van der Waals surface area contributed by atoms with E-state index in [4.69, 9.17) is 17.3 Å². The van der Waals surface area contributed by atoms with Crippen molar-refractivity contribution in [2.24, 2.45) is 5.73 Å². The highest BCUT2D eigenvalue weighted by atomic mass is 35.5. The maximum absolute atomic E-state index is 6.46. The quantitative estimate of drug-likeness (QED) is 0.720. The highest BCUT2D eigenvalue weighted by molar-refractivity contribution is 7.98. The van der Waals surface area contributed by atoms with Crippen LogP contribution >= 0.6 is 34.7 Å². The van der Waals surface area contributed by atoms with Crippen molar-refractivity contribution >= 4 is 44.8 Å². The number of thiophene rings is 1. The lowest BCUT2D eigenvalue weighted by Gasteiger charge is -2.05. The molecule has 3 rings (SSSR count). The van der Waals surface area contributed by atoms with Crippen LogP contribution in [-0.4, -0.2) is 21.3 Å². The Balaban J connectivity index is 1.82. The van der Waals surface area contributed by atoms with Crippen LogP contribution in [0.4, 0.5) is 0 Å². The van der Waals surface area contributed by atoms with Gasteiger partial charge >= 0.3 is 0 Å². The molecular formula is C14H15ClN4S2. The summed E-state index contributed by atoms with van der Waals surface area (Å²) in [6, 6.07) is 8.21. The van der Waals surface area contributed by atoms with Gasteiger partial charge in [-0.05, 0) is 13.0 Å². The molecule has 0 fully saturated rings. The van der Waals surface area contributed by atoms with Gasteiger partial charge in [0.25, 0.3) is 0 Å². The Labute approximate surface area is 136 Å². The zero-order valence-corrected chi connectivity index (χ0v) is 13.9. The normalized spacial score (nSPS) is 11.4. The Hall–Kier alpha value is -1.08. The number of fused-ring (bicyclic) bond motifs is 1. The van der Waals surface area contributed by atoms with E-state index in [1.807, 2.05) is 23.6 Å². The summed E-state index contributed by atoms with van der Waals surface area (Å²) in [5.74, 6) is 1.69. The first kappa shape index (κ1) is 14.8. The van der Waals surface area contributed by atoms with Gasteiger partial charge in [0.15, 0.2) is 5.16 Å². The molecule has 0 spiro atoms. The fourth-order valence-electron chi connectivity index (χ4n) is 2.14. The fraction of sp³-hybridized carbons (Fsp3) is 0.286. The summed E-state index contributed by atoms with van der Waals surface area (Å²) in [6.07, 6.45) is 0. The number of nitrogens with zero attached hydrogens (tertiary/aromatic N) is 3. The third-order valence-corrected chi connectivity index (χ3v) is 6.08. The number of hydrogen-bond acceptors (Lipinski definition) is 5. The molecule has 110 valence electrons. The molecule has 0 amide bonds. The van der Waals surface area contributed by atoms with Crippen molar-refractivity contribution in [3.05, 3.63) is 40.0 Å². The van der Waals surface area contributed by atoms with E-state index in [1.54, 1.807) is 23.1 Å². The largest absolute Gasteiger partial charge is 0.329 e. The number of benzene rings is 1. The maximum Gasteiger partial charge on any atom is 0.191 e.